The first kappa shape index (κ1) is 42.9. The van der Waals surface area contributed by atoms with Gasteiger partial charge in [-0.3, -0.25) is 10.1 Å². The van der Waals surface area contributed by atoms with E-state index in [1.165, 1.54) is 41.5 Å². The molecule has 4 aromatic rings. The standard InChI is InChI=1S/C52H56N2O7/c1-11-42-34(3)49(4,5)52(27-24-39-30-41(54(56)57)32-46(59-10)48(39)61-52)26-23-37(42)28-36-20-18-35(19-21-36)17-16-33(2)43-14-12-13-15-44(43)50(6,7)51(8)25-22-38-29-40(53-55)31-45(58-9)47(38)60-51/h11-16,18-22,24-25,27,29-32,37H,3,17,23,26,28H2,1-2,4-10H3. The van der Waals surface area contributed by atoms with Gasteiger partial charge in [-0.25, -0.2) is 0 Å². The third-order valence-corrected chi connectivity index (χ3v) is 13.8. The minimum absolute atomic E-state index is 0.0370. The molecule has 2 aliphatic heterocycles. The Morgan fingerprint density at radius 2 is 1.57 bits per heavy atom. The van der Waals surface area contributed by atoms with Crippen molar-refractivity contribution in [2.24, 2.45) is 16.5 Å². The fourth-order valence-electron chi connectivity index (χ4n) is 9.34. The number of methoxy groups -OCH3 is 2. The van der Waals surface area contributed by atoms with E-state index < -0.39 is 27.0 Å². The number of nitrogens with zero attached hydrogens (tertiary/aromatic N) is 2. The molecule has 0 radical (unpaired) electrons. The van der Waals surface area contributed by atoms with Crippen LogP contribution in [-0.4, -0.2) is 30.3 Å². The van der Waals surface area contributed by atoms with Crippen molar-refractivity contribution >= 4 is 29.1 Å². The normalized spacial score (nSPS) is 22.4. The maximum absolute atomic E-state index is 11.6. The Hall–Kier alpha value is -6.22. The smallest absolute Gasteiger partial charge is 0.274 e. The van der Waals surface area contributed by atoms with Crippen LogP contribution >= 0.6 is 0 Å². The van der Waals surface area contributed by atoms with Crippen LogP contribution in [0.2, 0.25) is 0 Å². The van der Waals surface area contributed by atoms with Gasteiger partial charge in [0, 0.05) is 34.1 Å². The zero-order valence-electron chi connectivity index (χ0n) is 36.8. The molecule has 9 nitrogen and oxygen atoms in total. The molecule has 0 saturated heterocycles. The van der Waals surface area contributed by atoms with E-state index in [1.807, 2.05) is 12.2 Å². The molecule has 316 valence electrons. The van der Waals surface area contributed by atoms with Crippen LogP contribution in [0.1, 0.15) is 94.7 Å². The Morgan fingerprint density at radius 1 is 0.934 bits per heavy atom. The van der Waals surface area contributed by atoms with Crippen molar-refractivity contribution in [1.82, 2.24) is 0 Å². The first-order chi connectivity index (χ1) is 29.0. The van der Waals surface area contributed by atoms with Crippen LogP contribution in [0.25, 0.3) is 17.7 Å². The van der Waals surface area contributed by atoms with Crippen molar-refractivity contribution in [3.05, 3.63) is 163 Å². The summed E-state index contributed by atoms with van der Waals surface area (Å²) >= 11 is 0. The number of hydrogen-bond acceptors (Lipinski definition) is 8. The molecule has 2 heterocycles. The molecule has 1 spiro atoms. The van der Waals surface area contributed by atoms with E-state index in [0.29, 0.717) is 34.2 Å². The maximum Gasteiger partial charge on any atom is 0.274 e. The van der Waals surface area contributed by atoms with E-state index in [4.69, 9.17) is 18.9 Å². The van der Waals surface area contributed by atoms with Gasteiger partial charge in [-0.15, -0.1) is 4.91 Å². The van der Waals surface area contributed by atoms with Crippen LogP contribution in [0, 0.1) is 26.4 Å². The lowest BCUT2D eigenvalue weighted by molar-refractivity contribution is -0.385. The third-order valence-electron chi connectivity index (χ3n) is 13.8. The molecule has 61 heavy (non-hydrogen) atoms. The monoisotopic (exact) mass is 820 g/mol. The minimum Gasteiger partial charge on any atom is -0.493 e. The fraction of sp³-hybridized carbons (Fsp3) is 0.346. The van der Waals surface area contributed by atoms with E-state index in [-0.39, 0.29) is 11.6 Å². The minimum atomic E-state index is -0.729. The van der Waals surface area contributed by atoms with Gasteiger partial charge in [0.1, 0.15) is 16.9 Å². The van der Waals surface area contributed by atoms with Gasteiger partial charge >= 0.3 is 0 Å². The molecule has 0 N–H and O–H groups in total. The average Bonchev–Trinajstić information content (AvgIpc) is 3.33. The highest BCUT2D eigenvalue weighted by molar-refractivity contribution is 5.73. The molecular weight excluding hydrogens is 765 g/mol. The summed E-state index contributed by atoms with van der Waals surface area (Å²) < 4.78 is 24.9. The maximum atomic E-state index is 11.6. The quantitative estimate of drug-likeness (QED) is 0.0842. The summed E-state index contributed by atoms with van der Waals surface area (Å²) in [5.74, 6) is 2.17. The molecule has 1 fully saturated rings. The van der Waals surface area contributed by atoms with Crippen LogP contribution in [0.5, 0.6) is 23.0 Å². The Balaban J connectivity index is 1.08. The second-order valence-corrected chi connectivity index (χ2v) is 17.7. The third kappa shape index (κ3) is 7.60. The van der Waals surface area contributed by atoms with Crippen molar-refractivity contribution in [3.8, 4) is 23.0 Å². The summed E-state index contributed by atoms with van der Waals surface area (Å²) in [6.07, 6.45) is 15.8. The molecule has 3 unspecified atom stereocenters. The van der Waals surface area contributed by atoms with Crippen molar-refractivity contribution in [2.45, 2.75) is 90.8 Å². The fourth-order valence-corrected chi connectivity index (χ4v) is 9.34. The van der Waals surface area contributed by atoms with E-state index in [0.717, 1.165) is 47.9 Å². The number of ether oxygens (including phenoxy) is 4. The summed E-state index contributed by atoms with van der Waals surface area (Å²) in [6.45, 7) is 19.8. The van der Waals surface area contributed by atoms with E-state index >= 15 is 0 Å². The van der Waals surface area contributed by atoms with Crippen molar-refractivity contribution in [1.29, 1.82) is 0 Å². The van der Waals surface area contributed by atoms with Crippen LogP contribution in [0.3, 0.4) is 0 Å². The number of rotatable bonds is 11. The largest absolute Gasteiger partial charge is 0.493 e. The van der Waals surface area contributed by atoms with Gasteiger partial charge in [-0.1, -0.05) is 107 Å². The average molecular weight is 821 g/mol. The number of nitro groups is 1. The highest BCUT2D eigenvalue weighted by atomic mass is 16.6. The molecule has 3 aliphatic rings. The van der Waals surface area contributed by atoms with Crippen LogP contribution in [0.4, 0.5) is 11.4 Å². The van der Waals surface area contributed by atoms with Crippen LogP contribution < -0.4 is 18.9 Å². The molecule has 0 amide bonds. The number of benzene rings is 4. The zero-order valence-corrected chi connectivity index (χ0v) is 36.8. The second-order valence-electron chi connectivity index (χ2n) is 17.7. The predicted molar refractivity (Wildman–Crippen MR) is 245 cm³/mol. The van der Waals surface area contributed by atoms with Gasteiger partial charge < -0.3 is 18.9 Å². The molecule has 1 saturated carbocycles. The van der Waals surface area contributed by atoms with Gasteiger partial charge in [-0.05, 0) is 115 Å². The Labute approximate surface area is 359 Å². The zero-order chi connectivity index (χ0) is 43.9. The van der Waals surface area contributed by atoms with Gasteiger partial charge in [0.2, 0.25) is 0 Å². The Bertz CT molecular complexity index is 2520. The summed E-state index contributed by atoms with van der Waals surface area (Å²) in [5.41, 5.74) is 7.50. The molecule has 1 aliphatic carbocycles. The van der Waals surface area contributed by atoms with Crippen molar-refractivity contribution < 1.29 is 23.9 Å². The topological polar surface area (TPSA) is 109 Å². The molecule has 3 atom stereocenters. The van der Waals surface area contributed by atoms with Gasteiger partial charge in [0.05, 0.1) is 25.2 Å². The number of allylic oxidation sites excluding steroid dienone is 4. The highest BCUT2D eigenvalue weighted by Gasteiger charge is 2.52. The lowest BCUT2D eigenvalue weighted by Crippen LogP contribution is -2.50. The van der Waals surface area contributed by atoms with E-state index in [1.54, 1.807) is 19.2 Å². The SMILES string of the molecule is C=C1C(=CC)C(Cc2ccc(CC=C(C)c3ccccc3C(C)(C)C3(C)C=Cc4cc(N=O)cc(OC)c4O3)cc2)CCC2(C=Cc3cc([N+](=O)[O-])cc(OC)c3O2)C1(C)C. The number of fused-ring (bicyclic) bond motifs is 2. The lowest BCUT2D eigenvalue weighted by atomic mass is 9.67. The lowest BCUT2D eigenvalue weighted by Gasteiger charge is -2.46. The number of nitro benzene ring substituents is 1. The van der Waals surface area contributed by atoms with Gasteiger partial charge in [-0.2, -0.15) is 0 Å². The number of hydrogen-bond donors (Lipinski definition) is 0. The number of nitroso groups, excluding NO2 is 1. The second kappa shape index (κ2) is 16.3. The Morgan fingerprint density at radius 3 is 2.25 bits per heavy atom. The van der Waals surface area contributed by atoms with Crippen molar-refractivity contribution in [2.75, 3.05) is 14.2 Å². The molecule has 7 rings (SSSR count). The first-order valence-electron chi connectivity index (χ1n) is 20.9. The molecule has 0 aromatic heterocycles. The molecule has 9 heteroatoms. The summed E-state index contributed by atoms with van der Waals surface area (Å²) in [7, 11) is 3.08. The first-order valence-corrected chi connectivity index (χ1v) is 20.9. The molecule has 4 aromatic carbocycles. The molecule has 0 bridgehead atoms. The Kier molecular flexibility index (Phi) is 11.5. The highest BCUT2D eigenvalue weighted by Crippen LogP contribution is 2.56. The van der Waals surface area contributed by atoms with E-state index in [2.05, 4.69) is 133 Å². The van der Waals surface area contributed by atoms with Gasteiger partial charge in [0.25, 0.3) is 5.69 Å². The predicted octanol–water partition coefficient (Wildman–Crippen LogP) is 13.1. The molecular formula is C52H56N2O7. The van der Waals surface area contributed by atoms with Crippen molar-refractivity contribution in [3.63, 3.8) is 0 Å². The van der Waals surface area contributed by atoms with Crippen LogP contribution in [-0.2, 0) is 18.3 Å². The number of non-ortho nitro benzene ring substituents is 1. The summed E-state index contributed by atoms with van der Waals surface area (Å²) in [4.78, 5) is 22.5. The van der Waals surface area contributed by atoms with E-state index in [9.17, 15) is 15.0 Å². The van der Waals surface area contributed by atoms with Gasteiger partial charge in [0.15, 0.2) is 23.0 Å². The summed E-state index contributed by atoms with van der Waals surface area (Å²) in [5, 5.41) is 14.7. The summed E-state index contributed by atoms with van der Waals surface area (Å²) in [6, 6.07) is 23.8. The van der Waals surface area contributed by atoms with Crippen LogP contribution in [0.15, 0.2) is 120 Å².